The molecule has 0 radical (unpaired) electrons. The van der Waals surface area contributed by atoms with Gasteiger partial charge in [-0.3, -0.25) is 0 Å². The second kappa shape index (κ2) is 6.37. The van der Waals surface area contributed by atoms with Crippen molar-refractivity contribution >= 4 is 12.3 Å². The topological polar surface area (TPSA) is 69.2 Å². The molecule has 6 nitrogen and oxygen atoms in total. The van der Waals surface area contributed by atoms with Crippen molar-refractivity contribution in [2.75, 3.05) is 21.3 Å². The molecule has 0 saturated heterocycles. The second-order valence-corrected chi connectivity index (χ2v) is 2.97. The molecule has 0 aromatic heterocycles. The van der Waals surface area contributed by atoms with Gasteiger partial charge in [0.25, 0.3) is 0 Å². The van der Waals surface area contributed by atoms with E-state index in [2.05, 4.69) is 15.3 Å². The summed E-state index contributed by atoms with van der Waals surface area (Å²) in [6, 6.07) is 5.25. The van der Waals surface area contributed by atoms with Crippen LogP contribution >= 0.6 is 0 Å². The molecular weight excluding hydrogens is 224 g/mol. The first kappa shape index (κ1) is 12.8. The van der Waals surface area contributed by atoms with Gasteiger partial charge in [0.15, 0.2) is 0 Å². The minimum Gasteiger partial charge on any atom is -0.497 e. The highest BCUT2D eigenvalue weighted by Gasteiger charge is 2.02. The van der Waals surface area contributed by atoms with Gasteiger partial charge in [0.1, 0.15) is 11.5 Å². The lowest BCUT2D eigenvalue weighted by atomic mass is 10.2. The van der Waals surface area contributed by atoms with E-state index >= 15 is 0 Å². The Kier molecular flexibility index (Phi) is 4.80. The van der Waals surface area contributed by atoms with Gasteiger partial charge in [-0.15, -0.1) is 0 Å². The molecule has 0 saturated carbocycles. The molecule has 92 valence electrons. The number of benzene rings is 1. The van der Waals surface area contributed by atoms with Crippen LogP contribution in [0.2, 0.25) is 0 Å². The number of methoxy groups -OCH3 is 3. The Labute approximate surface area is 99.2 Å². The largest absolute Gasteiger partial charge is 0.497 e. The summed E-state index contributed by atoms with van der Waals surface area (Å²) in [5, 5.41) is 3.71. The molecule has 1 aromatic carbocycles. The van der Waals surface area contributed by atoms with E-state index in [0.29, 0.717) is 17.1 Å². The first-order valence-corrected chi connectivity index (χ1v) is 4.80. The van der Waals surface area contributed by atoms with E-state index < -0.39 is 6.09 Å². The number of hydrazone groups is 1. The van der Waals surface area contributed by atoms with E-state index in [-0.39, 0.29) is 0 Å². The molecule has 17 heavy (non-hydrogen) atoms. The number of nitrogens with zero attached hydrogens (tertiary/aromatic N) is 1. The predicted octanol–water partition coefficient (Wildman–Crippen LogP) is 1.39. The van der Waals surface area contributed by atoms with Crippen LogP contribution < -0.4 is 14.9 Å². The third-order valence-corrected chi connectivity index (χ3v) is 1.98. The van der Waals surface area contributed by atoms with Crippen LogP contribution in [0.3, 0.4) is 0 Å². The molecular formula is C11H14N2O4. The summed E-state index contributed by atoms with van der Waals surface area (Å²) in [6.45, 7) is 0. The van der Waals surface area contributed by atoms with Gasteiger partial charge in [0, 0.05) is 5.56 Å². The zero-order chi connectivity index (χ0) is 12.7. The summed E-state index contributed by atoms with van der Waals surface area (Å²) in [6.07, 6.45) is 0.807. The number of carbonyl (C=O) groups is 1. The van der Waals surface area contributed by atoms with Crippen LogP contribution in [0, 0.1) is 0 Å². The Morgan fingerprint density at radius 1 is 1.29 bits per heavy atom. The average Bonchev–Trinajstić information content (AvgIpc) is 2.38. The molecule has 0 aliphatic rings. The van der Waals surface area contributed by atoms with Gasteiger partial charge in [-0.05, 0) is 18.2 Å². The van der Waals surface area contributed by atoms with Crippen LogP contribution in [-0.4, -0.2) is 33.6 Å². The number of carbonyl (C=O) groups excluding carboxylic acids is 1. The minimum atomic E-state index is -0.636. The van der Waals surface area contributed by atoms with Crippen molar-refractivity contribution in [3.8, 4) is 11.5 Å². The molecule has 1 N–H and O–H groups in total. The normalized spacial score (nSPS) is 10.1. The Morgan fingerprint density at radius 2 is 2.06 bits per heavy atom. The van der Waals surface area contributed by atoms with Crippen LogP contribution in [0.4, 0.5) is 4.79 Å². The summed E-state index contributed by atoms with van der Waals surface area (Å²) in [5.74, 6) is 1.30. The molecule has 0 aliphatic heterocycles. The van der Waals surface area contributed by atoms with E-state index in [4.69, 9.17) is 9.47 Å². The monoisotopic (exact) mass is 238 g/mol. The van der Waals surface area contributed by atoms with E-state index in [9.17, 15) is 4.79 Å². The van der Waals surface area contributed by atoms with Crippen LogP contribution in [-0.2, 0) is 4.74 Å². The van der Waals surface area contributed by atoms with Gasteiger partial charge in [-0.2, -0.15) is 5.10 Å². The molecule has 1 rings (SSSR count). The van der Waals surface area contributed by atoms with Crippen molar-refractivity contribution in [1.82, 2.24) is 5.43 Å². The van der Waals surface area contributed by atoms with Gasteiger partial charge in [-0.25, -0.2) is 10.2 Å². The van der Waals surface area contributed by atoms with Crippen LogP contribution in [0.5, 0.6) is 11.5 Å². The minimum absolute atomic E-state index is 0.626. The zero-order valence-electron chi connectivity index (χ0n) is 9.89. The van der Waals surface area contributed by atoms with E-state index in [0.717, 1.165) is 0 Å². The Morgan fingerprint density at radius 3 is 2.65 bits per heavy atom. The van der Waals surface area contributed by atoms with E-state index in [1.165, 1.54) is 13.3 Å². The first-order valence-electron chi connectivity index (χ1n) is 4.80. The highest BCUT2D eigenvalue weighted by atomic mass is 16.5. The Bertz CT molecular complexity index is 418. The summed E-state index contributed by atoms with van der Waals surface area (Å²) in [5.41, 5.74) is 2.87. The maximum absolute atomic E-state index is 10.8. The summed E-state index contributed by atoms with van der Waals surface area (Å²) in [7, 11) is 4.37. The standard InChI is InChI=1S/C11H14N2O4/c1-15-9-4-5-10(16-2)8(6-9)7-12-13-11(14)17-3/h4-7H,1-3H3,(H,13,14)/b12-7-. The summed E-state index contributed by atoms with van der Waals surface area (Å²) in [4.78, 5) is 10.8. The second-order valence-electron chi connectivity index (χ2n) is 2.97. The SMILES string of the molecule is COC(=O)N/N=C\c1cc(OC)ccc1OC. The Balaban J connectivity index is 2.83. The number of hydrogen-bond acceptors (Lipinski definition) is 5. The molecule has 1 amide bonds. The number of ether oxygens (including phenoxy) is 3. The van der Waals surface area contributed by atoms with Gasteiger partial charge in [0.05, 0.1) is 27.5 Å². The van der Waals surface area contributed by atoms with Gasteiger partial charge >= 0.3 is 6.09 Å². The third-order valence-electron chi connectivity index (χ3n) is 1.98. The summed E-state index contributed by atoms with van der Waals surface area (Å²) < 4.78 is 14.6. The quantitative estimate of drug-likeness (QED) is 0.635. The van der Waals surface area contributed by atoms with Crippen LogP contribution in [0.1, 0.15) is 5.56 Å². The third kappa shape index (κ3) is 3.67. The maximum atomic E-state index is 10.8. The molecule has 0 bridgehead atoms. The lowest BCUT2D eigenvalue weighted by molar-refractivity contribution is 0.171. The molecule has 6 heteroatoms. The fourth-order valence-corrected chi connectivity index (χ4v) is 1.14. The number of amides is 1. The van der Waals surface area contributed by atoms with Gasteiger partial charge in [0.2, 0.25) is 0 Å². The number of nitrogens with one attached hydrogen (secondary N) is 1. The lowest BCUT2D eigenvalue weighted by Crippen LogP contribution is -2.16. The molecule has 0 atom stereocenters. The van der Waals surface area contributed by atoms with Crippen molar-refractivity contribution < 1.29 is 19.0 Å². The van der Waals surface area contributed by atoms with E-state index in [1.807, 2.05) is 0 Å². The smallest absolute Gasteiger partial charge is 0.427 e. The fourth-order valence-electron chi connectivity index (χ4n) is 1.14. The van der Waals surface area contributed by atoms with Crippen molar-refractivity contribution in [2.45, 2.75) is 0 Å². The van der Waals surface area contributed by atoms with Crippen molar-refractivity contribution in [2.24, 2.45) is 5.10 Å². The van der Waals surface area contributed by atoms with Gasteiger partial charge in [-0.1, -0.05) is 0 Å². The molecule has 0 fully saturated rings. The van der Waals surface area contributed by atoms with E-state index in [1.54, 1.807) is 32.4 Å². The van der Waals surface area contributed by atoms with Crippen molar-refractivity contribution in [3.05, 3.63) is 23.8 Å². The van der Waals surface area contributed by atoms with Crippen LogP contribution in [0.15, 0.2) is 23.3 Å². The zero-order valence-corrected chi connectivity index (χ0v) is 9.89. The Hall–Kier alpha value is -2.24. The number of rotatable bonds is 4. The average molecular weight is 238 g/mol. The lowest BCUT2D eigenvalue weighted by Gasteiger charge is -2.06. The molecule has 0 unspecified atom stereocenters. The molecule has 0 aliphatic carbocycles. The van der Waals surface area contributed by atoms with Gasteiger partial charge < -0.3 is 14.2 Å². The van der Waals surface area contributed by atoms with Crippen LogP contribution in [0.25, 0.3) is 0 Å². The number of hydrogen-bond donors (Lipinski definition) is 1. The predicted molar refractivity (Wildman–Crippen MR) is 62.7 cm³/mol. The molecule has 0 spiro atoms. The molecule has 0 heterocycles. The fraction of sp³-hybridized carbons (Fsp3) is 0.273. The van der Waals surface area contributed by atoms with Crippen molar-refractivity contribution in [3.63, 3.8) is 0 Å². The highest BCUT2D eigenvalue weighted by molar-refractivity contribution is 5.85. The summed E-state index contributed by atoms with van der Waals surface area (Å²) >= 11 is 0. The first-order chi connectivity index (χ1) is 8.21. The highest BCUT2D eigenvalue weighted by Crippen LogP contribution is 2.22. The molecule has 1 aromatic rings. The maximum Gasteiger partial charge on any atom is 0.427 e. The van der Waals surface area contributed by atoms with Crippen molar-refractivity contribution in [1.29, 1.82) is 0 Å².